The zero-order valence-electron chi connectivity index (χ0n) is 9.78. The number of rotatable bonds is 0. The fraction of sp³-hybridized carbons (Fsp3) is 0.571. The Kier molecular flexibility index (Phi) is 2.83. The Labute approximate surface area is 97.6 Å². The normalized spacial score (nSPS) is 25.2. The Morgan fingerprint density at radius 3 is 3.06 bits per heavy atom. The van der Waals surface area contributed by atoms with Gasteiger partial charge in [0.15, 0.2) is 0 Å². The van der Waals surface area contributed by atoms with Crippen LogP contribution in [0.3, 0.4) is 0 Å². The molecule has 1 aromatic rings. The molecule has 0 aromatic heterocycles. The van der Waals surface area contributed by atoms with Crippen LogP contribution in [0.5, 0.6) is 0 Å². The van der Waals surface area contributed by atoms with Gasteiger partial charge in [0, 0.05) is 18.3 Å². The van der Waals surface area contributed by atoms with E-state index in [0.717, 1.165) is 6.04 Å². The molecular formula is C14H20N2. The summed E-state index contributed by atoms with van der Waals surface area (Å²) in [7, 11) is 0. The minimum atomic E-state index is 0.766. The Bertz CT molecular complexity index is 362. The van der Waals surface area contributed by atoms with Crippen LogP contribution in [0.2, 0.25) is 0 Å². The molecule has 0 amide bonds. The lowest BCUT2D eigenvalue weighted by molar-refractivity contribution is 0.444. The molecule has 0 spiro atoms. The molecule has 1 aromatic carbocycles. The number of benzene rings is 1. The number of hydrogen-bond donors (Lipinski definition) is 1. The molecular weight excluding hydrogens is 196 g/mol. The van der Waals surface area contributed by atoms with Gasteiger partial charge in [-0.05, 0) is 50.4 Å². The smallest absolute Gasteiger partial charge is 0.0401 e. The van der Waals surface area contributed by atoms with Gasteiger partial charge in [-0.1, -0.05) is 18.2 Å². The Balaban J connectivity index is 1.90. The highest BCUT2D eigenvalue weighted by molar-refractivity contribution is 5.56. The van der Waals surface area contributed by atoms with Crippen molar-refractivity contribution in [3.05, 3.63) is 29.8 Å². The highest BCUT2D eigenvalue weighted by atomic mass is 15.2. The first-order chi connectivity index (χ1) is 7.95. The summed E-state index contributed by atoms with van der Waals surface area (Å²) in [5.74, 6) is 0. The quantitative estimate of drug-likeness (QED) is 0.715. The molecule has 1 fully saturated rings. The van der Waals surface area contributed by atoms with E-state index in [1.807, 2.05) is 0 Å². The van der Waals surface area contributed by atoms with Crippen molar-refractivity contribution in [1.82, 2.24) is 5.32 Å². The first-order valence-corrected chi connectivity index (χ1v) is 6.50. The summed E-state index contributed by atoms with van der Waals surface area (Å²) in [4.78, 5) is 2.65. The number of para-hydroxylation sites is 1. The van der Waals surface area contributed by atoms with Gasteiger partial charge in [0.1, 0.15) is 0 Å². The van der Waals surface area contributed by atoms with Gasteiger partial charge in [0.25, 0.3) is 0 Å². The average Bonchev–Trinajstić information content (AvgIpc) is 2.29. The van der Waals surface area contributed by atoms with Crippen LogP contribution in [0.25, 0.3) is 0 Å². The van der Waals surface area contributed by atoms with Crippen molar-refractivity contribution in [1.29, 1.82) is 0 Å². The van der Waals surface area contributed by atoms with Crippen molar-refractivity contribution in [2.24, 2.45) is 0 Å². The lowest BCUT2D eigenvalue weighted by Crippen LogP contribution is -2.44. The third kappa shape index (κ3) is 1.82. The van der Waals surface area contributed by atoms with Gasteiger partial charge < -0.3 is 10.2 Å². The van der Waals surface area contributed by atoms with Gasteiger partial charge >= 0.3 is 0 Å². The van der Waals surface area contributed by atoms with Gasteiger partial charge in [0.2, 0.25) is 0 Å². The average molecular weight is 216 g/mol. The van der Waals surface area contributed by atoms with Gasteiger partial charge in [-0.2, -0.15) is 0 Å². The second kappa shape index (κ2) is 4.46. The highest BCUT2D eigenvalue weighted by Gasteiger charge is 2.25. The van der Waals surface area contributed by atoms with Gasteiger partial charge in [-0.3, -0.25) is 0 Å². The van der Waals surface area contributed by atoms with Crippen LogP contribution >= 0.6 is 0 Å². The van der Waals surface area contributed by atoms with Crippen molar-refractivity contribution >= 4 is 5.69 Å². The van der Waals surface area contributed by atoms with E-state index in [1.165, 1.54) is 51.0 Å². The molecule has 2 aliphatic heterocycles. The highest BCUT2D eigenvalue weighted by Crippen LogP contribution is 2.32. The zero-order valence-corrected chi connectivity index (χ0v) is 9.78. The van der Waals surface area contributed by atoms with Crippen molar-refractivity contribution in [2.45, 2.75) is 31.7 Å². The molecule has 0 bridgehead atoms. The van der Waals surface area contributed by atoms with Crippen LogP contribution in [0.15, 0.2) is 24.3 Å². The van der Waals surface area contributed by atoms with E-state index in [4.69, 9.17) is 0 Å². The van der Waals surface area contributed by atoms with Gasteiger partial charge in [-0.25, -0.2) is 0 Å². The summed E-state index contributed by atoms with van der Waals surface area (Å²) in [5, 5.41) is 3.52. The van der Waals surface area contributed by atoms with Crippen molar-refractivity contribution in [3.8, 4) is 0 Å². The first kappa shape index (κ1) is 10.2. The summed E-state index contributed by atoms with van der Waals surface area (Å²) in [6.07, 6.45) is 5.16. The van der Waals surface area contributed by atoms with Crippen LogP contribution in [0.4, 0.5) is 5.69 Å². The summed E-state index contributed by atoms with van der Waals surface area (Å²) >= 11 is 0. The van der Waals surface area contributed by atoms with E-state index in [1.54, 1.807) is 5.56 Å². The van der Waals surface area contributed by atoms with E-state index in [9.17, 15) is 0 Å². The lowest BCUT2D eigenvalue weighted by Gasteiger charge is -2.40. The van der Waals surface area contributed by atoms with E-state index < -0.39 is 0 Å². The molecule has 1 saturated heterocycles. The molecule has 2 heteroatoms. The Morgan fingerprint density at radius 1 is 1.12 bits per heavy atom. The number of aryl methyl sites for hydroxylation is 1. The number of anilines is 1. The van der Waals surface area contributed by atoms with E-state index >= 15 is 0 Å². The predicted octanol–water partition coefficient (Wildman–Crippen LogP) is 2.19. The largest absolute Gasteiger partial charge is 0.368 e. The molecule has 0 aliphatic carbocycles. The lowest BCUT2D eigenvalue weighted by atomic mass is 9.93. The van der Waals surface area contributed by atoms with Crippen LogP contribution < -0.4 is 10.2 Å². The van der Waals surface area contributed by atoms with E-state index in [-0.39, 0.29) is 0 Å². The summed E-state index contributed by atoms with van der Waals surface area (Å²) in [6.45, 7) is 3.57. The van der Waals surface area contributed by atoms with E-state index in [0.29, 0.717) is 0 Å². The number of fused-ring (bicyclic) bond motifs is 3. The minimum Gasteiger partial charge on any atom is -0.368 e. The molecule has 0 saturated carbocycles. The molecule has 16 heavy (non-hydrogen) atoms. The fourth-order valence-corrected chi connectivity index (χ4v) is 3.05. The Morgan fingerprint density at radius 2 is 2.06 bits per heavy atom. The molecule has 0 radical (unpaired) electrons. The number of nitrogens with zero attached hydrogens (tertiary/aromatic N) is 1. The predicted molar refractivity (Wildman–Crippen MR) is 68.0 cm³/mol. The molecule has 2 aliphatic rings. The minimum absolute atomic E-state index is 0.766. The number of hydrogen-bond acceptors (Lipinski definition) is 2. The number of nitrogens with one attached hydrogen (secondary N) is 1. The molecule has 1 N–H and O–H groups in total. The Hall–Kier alpha value is -1.02. The SMILES string of the molecule is c1ccc2c(c1)CC[C@@H]1CCNCCCN21. The third-order valence-corrected chi connectivity index (χ3v) is 3.90. The summed E-state index contributed by atoms with van der Waals surface area (Å²) in [5.41, 5.74) is 3.05. The molecule has 1 atom stereocenters. The third-order valence-electron chi connectivity index (χ3n) is 3.90. The van der Waals surface area contributed by atoms with Crippen LogP contribution in [-0.4, -0.2) is 25.7 Å². The van der Waals surface area contributed by atoms with E-state index in [2.05, 4.69) is 34.5 Å². The molecule has 2 heterocycles. The maximum Gasteiger partial charge on any atom is 0.0401 e. The molecule has 0 unspecified atom stereocenters. The summed E-state index contributed by atoms with van der Waals surface area (Å²) in [6, 6.07) is 9.71. The fourth-order valence-electron chi connectivity index (χ4n) is 3.05. The van der Waals surface area contributed by atoms with Crippen LogP contribution in [-0.2, 0) is 6.42 Å². The monoisotopic (exact) mass is 216 g/mol. The maximum atomic E-state index is 3.52. The topological polar surface area (TPSA) is 15.3 Å². The molecule has 3 rings (SSSR count). The van der Waals surface area contributed by atoms with Crippen molar-refractivity contribution in [2.75, 3.05) is 24.5 Å². The second-order valence-electron chi connectivity index (χ2n) is 4.91. The van der Waals surface area contributed by atoms with Crippen LogP contribution in [0, 0.1) is 0 Å². The van der Waals surface area contributed by atoms with Gasteiger partial charge in [0.05, 0.1) is 0 Å². The first-order valence-electron chi connectivity index (χ1n) is 6.50. The van der Waals surface area contributed by atoms with Crippen molar-refractivity contribution in [3.63, 3.8) is 0 Å². The van der Waals surface area contributed by atoms with Gasteiger partial charge in [-0.15, -0.1) is 0 Å². The van der Waals surface area contributed by atoms with Crippen LogP contribution in [0.1, 0.15) is 24.8 Å². The zero-order chi connectivity index (χ0) is 10.8. The summed E-state index contributed by atoms with van der Waals surface area (Å²) < 4.78 is 0. The van der Waals surface area contributed by atoms with Crippen molar-refractivity contribution < 1.29 is 0 Å². The second-order valence-corrected chi connectivity index (χ2v) is 4.91. The molecule has 86 valence electrons. The molecule has 2 nitrogen and oxygen atoms in total. The maximum absolute atomic E-state index is 3.52. The standard InChI is InChI=1S/C14H20N2/c1-2-5-14-12(4-1)6-7-13-8-10-15-9-3-11-16(13)14/h1-2,4-5,13,15H,3,6-11H2/t13-/m1/s1.